The Morgan fingerprint density at radius 3 is 2.63 bits per heavy atom. The number of alkyl halides is 3. The molecule has 6 heteroatoms. The summed E-state index contributed by atoms with van der Waals surface area (Å²) in [5.74, 6) is -0.0359. The molecule has 1 rings (SSSR count). The van der Waals surface area contributed by atoms with E-state index in [0.717, 1.165) is 11.1 Å². The summed E-state index contributed by atoms with van der Waals surface area (Å²) in [5, 5.41) is 1.79. The molecule has 0 saturated carbocycles. The molecule has 0 fully saturated rings. The van der Waals surface area contributed by atoms with Crippen molar-refractivity contribution in [3.8, 4) is 5.75 Å². The van der Waals surface area contributed by atoms with E-state index in [-0.39, 0.29) is 13.0 Å². The minimum Gasteiger partial charge on any atom is -0.493 e. The number of amides is 1. The maximum absolute atomic E-state index is 11.9. The Labute approximate surface area is 109 Å². The summed E-state index contributed by atoms with van der Waals surface area (Å²) in [4.78, 5) is 11.1. The number of carbonyl (C=O) groups excluding carboxylic acids is 1. The monoisotopic (exact) mass is 275 g/mol. The largest absolute Gasteiger partial charge is 0.493 e. The molecular weight excluding hydrogens is 259 g/mol. The molecule has 1 amide bonds. The van der Waals surface area contributed by atoms with Crippen LogP contribution in [0.5, 0.6) is 5.75 Å². The second-order valence-electron chi connectivity index (χ2n) is 4.26. The van der Waals surface area contributed by atoms with Crippen LogP contribution < -0.4 is 10.1 Å². The number of halogens is 3. The van der Waals surface area contributed by atoms with Crippen molar-refractivity contribution in [2.24, 2.45) is 0 Å². The maximum Gasteiger partial charge on any atom is 0.405 e. The fourth-order valence-electron chi connectivity index (χ4n) is 1.40. The van der Waals surface area contributed by atoms with E-state index in [1.165, 1.54) is 0 Å². The van der Waals surface area contributed by atoms with Gasteiger partial charge in [0, 0.05) is 0 Å². The Morgan fingerprint density at radius 2 is 2.00 bits per heavy atom. The van der Waals surface area contributed by atoms with Gasteiger partial charge in [-0.25, -0.2) is 0 Å². The van der Waals surface area contributed by atoms with E-state index in [9.17, 15) is 18.0 Å². The average molecular weight is 275 g/mol. The fraction of sp³-hybridized carbons (Fsp3) is 0.462. The highest BCUT2D eigenvalue weighted by Crippen LogP contribution is 2.19. The quantitative estimate of drug-likeness (QED) is 0.897. The maximum atomic E-state index is 11.9. The van der Waals surface area contributed by atoms with E-state index in [2.05, 4.69) is 0 Å². The first kappa shape index (κ1) is 15.3. The lowest BCUT2D eigenvalue weighted by Crippen LogP contribution is -2.34. The molecule has 19 heavy (non-hydrogen) atoms. The smallest absolute Gasteiger partial charge is 0.405 e. The lowest BCUT2D eigenvalue weighted by molar-refractivity contribution is -0.138. The van der Waals surface area contributed by atoms with Crippen LogP contribution in [0.3, 0.4) is 0 Å². The van der Waals surface area contributed by atoms with Crippen LogP contribution in [0.2, 0.25) is 0 Å². The SMILES string of the molecule is Cc1ccc(C)c(OCCC(=O)NCC(F)(F)F)c1. The van der Waals surface area contributed by atoms with E-state index in [1.807, 2.05) is 32.0 Å². The van der Waals surface area contributed by atoms with E-state index in [0.29, 0.717) is 5.75 Å². The van der Waals surface area contributed by atoms with Crippen LogP contribution in [0, 0.1) is 13.8 Å². The van der Waals surface area contributed by atoms with Gasteiger partial charge < -0.3 is 10.1 Å². The molecule has 0 bridgehead atoms. The normalized spacial score (nSPS) is 11.2. The van der Waals surface area contributed by atoms with Crippen LogP contribution in [0.1, 0.15) is 17.5 Å². The Bertz CT molecular complexity index is 444. The van der Waals surface area contributed by atoms with Crippen LogP contribution in [0.15, 0.2) is 18.2 Å². The van der Waals surface area contributed by atoms with Crippen molar-refractivity contribution in [2.75, 3.05) is 13.2 Å². The Balaban J connectivity index is 2.34. The molecular formula is C13H16F3NO2. The van der Waals surface area contributed by atoms with Crippen LogP contribution in [0.25, 0.3) is 0 Å². The lowest BCUT2D eigenvalue weighted by atomic mass is 10.1. The van der Waals surface area contributed by atoms with Gasteiger partial charge in [0.25, 0.3) is 0 Å². The predicted octanol–water partition coefficient (Wildman–Crippen LogP) is 2.75. The van der Waals surface area contributed by atoms with Crippen molar-refractivity contribution in [3.63, 3.8) is 0 Å². The van der Waals surface area contributed by atoms with Crippen molar-refractivity contribution in [3.05, 3.63) is 29.3 Å². The molecule has 3 nitrogen and oxygen atoms in total. The number of hydrogen-bond donors (Lipinski definition) is 1. The number of hydrogen-bond acceptors (Lipinski definition) is 2. The highest BCUT2D eigenvalue weighted by atomic mass is 19.4. The van der Waals surface area contributed by atoms with E-state index in [1.54, 1.807) is 5.32 Å². The van der Waals surface area contributed by atoms with Gasteiger partial charge in [-0.3, -0.25) is 4.79 Å². The molecule has 0 heterocycles. The number of rotatable bonds is 5. The van der Waals surface area contributed by atoms with Gasteiger partial charge in [-0.15, -0.1) is 0 Å². The van der Waals surface area contributed by atoms with Crippen LogP contribution in [-0.4, -0.2) is 25.2 Å². The first-order chi connectivity index (χ1) is 8.78. The van der Waals surface area contributed by atoms with Crippen LogP contribution >= 0.6 is 0 Å². The Morgan fingerprint density at radius 1 is 1.32 bits per heavy atom. The van der Waals surface area contributed by atoms with Crippen LogP contribution in [-0.2, 0) is 4.79 Å². The zero-order valence-corrected chi connectivity index (χ0v) is 10.8. The van der Waals surface area contributed by atoms with Crippen LogP contribution in [0.4, 0.5) is 13.2 Å². The molecule has 0 atom stereocenters. The van der Waals surface area contributed by atoms with Gasteiger partial charge in [0.2, 0.25) is 5.91 Å². The molecule has 0 radical (unpaired) electrons. The third-order valence-corrected chi connectivity index (χ3v) is 2.42. The van der Waals surface area contributed by atoms with Gasteiger partial charge in [-0.2, -0.15) is 13.2 Å². The van der Waals surface area contributed by atoms with Gasteiger partial charge in [-0.1, -0.05) is 12.1 Å². The standard InChI is InChI=1S/C13H16F3NO2/c1-9-3-4-10(2)11(7-9)19-6-5-12(18)17-8-13(14,15)16/h3-4,7H,5-6,8H2,1-2H3,(H,17,18). The molecule has 0 saturated heterocycles. The summed E-state index contributed by atoms with van der Waals surface area (Å²) >= 11 is 0. The molecule has 106 valence electrons. The molecule has 0 aliphatic carbocycles. The second kappa shape index (κ2) is 6.45. The summed E-state index contributed by atoms with van der Waals surface area (Å²) in [5.41, 5.74) is 1.93. The lowest BCUT2D eigenvalue weighted by Gasteiger charge is -2.11. The minimum atomic E-state index is -4.39. The molecule has 0 unspecified atom stereocenters. The van der Waals surface area contributed by atoms with Gasteiger partial charge in [-0.05, 0) is 31.0 Å². The zero-order valence-electron chi connectivity index (χ0n) is 10.8. The number of carbonyl (C=O) groups is 1. The Kier molecular flexibility index (Phi) is 5.20. The minimum absolute atomic E-state index is 0.0496. The highest BCUT2D eigenvalue weighted by molar-refractivity contribution is 5.76. The van der Waals surface area contributed by atoms with Crippen molar-refractivity contribution in [2.45, 2.75) is 26.4 Å². The molecule has 0 aromatic heterocycles. The molecule has 1 N–H and O–H groups in total. The fourth-order valence-corrected chi connectivity index (χ4v) is 1.40. The first-order valence-corrected chi connectivity index (χ1v) is 5.81. The summed E-state index contributed by atoms with van der Waals surface area (Å²) < 4.78 is 40.9. The first-order valence-electron chi connectivity index (χ1n) is 5.81. The molecule has 0 spiro atoms. The van der Waals surface area contributed by atoms with E-state index >= 15 is 0 Å². The third-order valence-electron chi connectivity index (χ3n) is 2.42. The average Bonchev–Trinajstić information content (AvgIpc) is 2.30. The summed E-state index contributed by atoms with van der Waals surface area (Å²) in [6.45, 7) is 2.50. The zero-order chi connectivity index (χ0) is 14.5. The highest BCUT2D eigenvalue weighted by Gasteiger charge is 2.27. The van der Waals surface area contributed by atoms with Crippen molar-refractivity contribution in [1.82, 2.24) is 5.32 Å². The van der Waals surface area contributed by atoms with Crippen molar-refractivity contribution >= 4 is 5.91 Å². The van der Waals surface area contributed by atoms with Crippen molar-refractivity contribution in [1.29, 1.82) is 0 Å². The van der Waals surface area contributed by atoms with Gasteiger partial charge >= 0.3 is 6.18 Å². The second-order valence-corrected chi connectivity index (χ2v) is 4.26. The van der Waals surface area contributed by atoms with E-state index in [4.69, 9.17) is 4.74 Å². The third kappa shape index (κ3) is 6.13. The number of benzene rings is 1. The molecule has 0 aliphatic heterocycles. The van der Waals surface area contributed by atoms with E-state index < -0.39 is 18.6 Å². The molecule has 0 aliphatic rings. The number of nitrogens with one attached hydrogen (secondary N) is 1. The topological polar surface area (TPSA) is 38.3 Å². The summed E-state index contributed by atoms with van der Waals surface area (Å²) in [7, 11) is 0. The predicted molar refractivity (Wildman–Crippen MR) is 65.1 cm³/mol. The molecule has 1 aromatic carbocycles. The molecule has 1 aromatic rings. The number of aryl methyl sites for hydroxylation is 2. The van der Waals surface area contributed by atoms with Gasteiger partial charge in [0.15, 0.2) is 0 Å². The van der Waals surface area contributed by atoms with Crippen molar-refractivity contribution < 1.29 is 22.7 Å². The summed E-state index contributed by atoms with van der Waals surface area (Å²) in [6, 6.07) is 5.63. The Hall–Kier alpha value is -1.72. The van der Waals surface area contributed by atoms with Gasteiger partial charge in [0.05, 0.1) is 13.0 Å². The summed E-state index contributed by atoms with van der Waals surface area (Å²) in [6.07, 6.45) is -4.49. The number of ether oxygens (including phenoxy) is 1. The van der Waals surface area contributed by atoms with Gasteiger partial charge in [0.1, 0.15) is 12.3 Å².